The molecule has 0 bridgehead atoms. The van der Waals surface area contributed by atoms with Crippen LogP contribution in [0.5, 0.6) is 0 Å². The van der Waals surface area contributed by atoms with Crippen LogP contribution in [-0.4, -0.2) is 43.2 Å². The first-order chi connectivity index (χ1) is 10.3. The van der Waals surface area contributed by atoms with Gasteiger partial charge in [0, 0.05) is 37.2 Å². The zero-order valence-electron chi connectivity index (χ0n) is 12.4. The summed E-state index contributed by atoms with van der Waals surface area (Å²) in [6, 6.07) is 4.92. The van der Waals surface area contributed by atoms with Gasteiger partial charge in [0.25, 0.3) is 0 Å². The second-order valence-corrected chi connectivity index (χ2v) is 5.78. The SMILES string of the molecule is CC1CCCC(CO)N1Cc1ccc(-n2ccnc2)nc1. The van der Waals surface area contributed by atoms with Crippen molar-refractivity contribution >= 4 is 0 Å². The van der Waals surface area contributed by atoms with Crippen LogP contribution in [0.15, 0.2) is 37.1 Å². The smallest absolute Gasteiger partial charge is 0.137 e. The summed E-state index contributed by atoms with van der Waals surface area (Å²) >= 11 is 0. The number of hydrogen-bond acceptors (Lipinski definition) is 4. The summed E-state index contributed by atoms with van der Waals surface area (Å²) < 4.78 is 1.89. The van der Waals surface area contributed by atoms with Crippen LogP contribution in [0.2, 0.25) is 0 Å². The third kappa shape index (κ3) is 3.14. The third-order valence-corrected chi connectivity index (χ3v) is 4.35. The van der Waals surface area contributed by atoms with Crippen LogP contribution in [0.1, 0.15) is 31.7 Å². The molecule has 1 saturated heterocycles. The first-order valence-electron chi connectivity index (χ1n) is 7.58. The summed E-state index contributed by atoms with van der Waals surface area (Å²) in [4.78, 5) is 10.9. The van der Waals surface area contributed by atoms with E-state index < -0.39 is 0 Å². The molecular formula is C16H22N4O. The van der Waals surface area contributed by atoms with Gasteiger partial charge in [0.1, 0.15) is 12.1 Å². The Balaban J connectivity index is 1.72. The summed E-state index contributed by atoms with van der Waals surface area (Å²) in [5, 5.41) is 9.56. The number of pyridine rings is 1. The van der Waals surface area contributed by atoms with Crippen LogP contribution < -0.4 is 0 Å². The van der Waals surface area contributed by atoms with E-state index in [1.807, 2.05) is 23.0 Å². The van der Waals surface area contributed by atoms with E-state index in [0.29, 0.717) is 6.04 Å². The van der Waals surface area contributed by atoms with Crippen molar-refractivity contribution in [3.8, 4) is 5.82 Å². The van der Waals surface area contributed by atoms with Gasteiger partial charge in [0.2, 0.25) is 0 Å². The molecule has 21 heavy (non-hydrogen) atoms. The fraction of sp³-hybridized carbons (Fsp3) is 0.500. The van der Waals surface area contributed by atoms with E-state index in [-0.39, 0.29) is 12.6 Å². The van der Waals surface area contributed by atoms with Crippen molar-refractivity contribution in [1.82, 2.24) is 19.4 Å². The van der Waals surface area contributed by atoms with Gasteiger partial charge in [-0.05, 0) is 31.4 Å². The quantitative estimate of drug-likeness (QED) is 0.934. The first-order valence-corrected chi connectivity index (χ1v) is 7.58. The fourth-order valence-electron chi connectivity index (χ4n) is 3.09. The van der Waals surface area contributed by atoms with Gasteiger partial charge in [-0.2, -0.15) is 0 Å². The van der Waals surface area contributed by atoms with Gasteiger partial charge in [-0.15, -0.1) is 0 Å². The maximum atomic E-state index is 9.56. The van der Waals surface area contributed by atoms with E-state index in [1.54, 1.807) is 12.5 Å². The Morgan fingerprint density at radius 2 is 2.24 bits per heavy atom. The molecule has 5 nitrogen and oxygen atoms in total. The van der Waals surface area contributed by atoms with Gasteiger partial charge < -0.3 is 5.11 Å². The van der Waals surface area contributed by atoms with E-state index in [1.165, 1.54) is 18.4 Å². The van der Waals surface area contributed by atoms with Crippen molar-refractivity contribution in [2.24, 2.45) is 0 Å². The minimum absolute atomic E-state index is 0.241. The van der Waals surface area contributed by atoms with Crippen LogP contribution >= 0.6 is 0 Å². The minimum Gasteiger partial charge on any atom is -0.395 e. The molecule has 2 unspecified atom stereocenters. The lowest BCUT2D eigenvalue weighted by Crippen LogP contribution is -2.46. The van der Waals surface area contributed by atoms with E-state index >= 15 is 0 Å². The van der Waals surface area contributed by atoms with Crippen LogP contribution in [0, 0.1) is 0 Å². The number of likely N-dealkylation sites (tertiary alicyclic amines) is 1. The van der Waals surface area contributed by atoms with Gasteiger partial charge in [-0.1, -0.05) is 12.5 Å². The summed E-state index contributed by atoms with van der Waals surface area (Å²) in [5.41, 5.74) is 1.19. The molecule has 0 spiro atoms. The molecule has 2 aromatic heterocycles. The van der Waals surface area contributed by atoms with Crippen molar-refractivity contribution in [2.75, 3.05) is 6.61 Å². The number of aromatic nitrogens is 3. The molecule has 1 fully saturated rings. The molecule has 1 aliphatic heterocycles. The number of rotatable bonds is 4. The van der Waals surface area contributed by atoms with Crippen LogP contribution in [0.25, 0.3) is 5.82 Å². The van der Waals surface area contributed by atoms with Crippen molar-refractivity contribution in [1.29, 1.82) is 0 Å². The van der Waals surface area contributed by atoms with Crippen molar-refractivity contribution in [3.63, 3.8) is 0 Å². The van der Waals surface area contributed by atoms with Gasteiger partial charge in [0.15, 0.2) is 0 Å². The highest BCUT2D eigenvalue weighted by Gasteiger charge is 2.27. The zero-order chi connectivity index (χ0) is 14.7. The summed E-state index contributed by atoms with van der Waals surface area (Å²) in [6.07, 6.45) is 10.8. The molecule has 0 saturated carbocycles. The van der Waals surface area contributed by atoms with Crippen molar-refractivity contribution in [2.45, 2.75) is 44.8 Å². The molecule has 0 aliphatic carbocycles. The first kappa shape index (κ1) is 14.2. The van der Waals surface area contributed by atoms with E-state index in [0.717, 1.165) is 18.8 Å². The van der Waals surface area contributed by atoms with Gasteiger partial charge >= 0.3 is 0 Å². The maximum absolute atomic E-state index is 9.56. The molecule has 112 valence electrons. The largest absolute Gasteiger partial charge is 0.395 e. The average Bonchev–Trinajstić information content (AvgIpc) is 3.04. The molecule has 0 amide bonds. The highest BCUT2D eigenvalue weighted by molar-refractivity contribution is 5.25. The number of piperidine rings is 1. The highest BCUT2D eigenvalue weighted by Crippen LogP contribution is 2.24. The van der Waals surface area contributed by atoms with Crippen LogP contribution in [-0.2, 0) is 6.54 Å². The average molecular weight is 286 g/mol. The van der Waals surface area contributed by atoms with Crippen molar-refractivity contribution in [3.05, 3.63) is 42.6 Å². The highest BCUT2D eigenvalue weighted by atomic mass is 16.3. The number of hydrogen-bond donors (Lipinski definition) is 1. The molecular weight excluding hydrogens is 264 g/mol. The Bertz CT molecular complexity index is 552. The third-order valence-electron chi connectivity index (χ3n) is 4.35. The second kappa shape index (κ2) is 6.37. The van der Waals surface area contributed by atoms with Gasteiger partial charge in [0.05, 0.1) is 6.61 Å². The van der Waals surface area contributed by atoms with Crippen LogP contribution in [0.3, 0.4) is 0 Å². The summed E-state index contributed by atoms with van der Waals surface area (Å²) in [5.74, 6) is 0.877. The standard InChI is InChI=1S/C16H22N4O/c1-13-3-2-4-15(11-21)20(13)10-14-5-6-16(18-9-14)19-8-7-17-12-19/h5-9,12-13,15,21H,2-4,10-11H2,1H3. The van der Waals surface area contributed by atoms with Gasteiger partial charge in [-0.3, -0.25) is 9.47 Å². The summed E-state index contributed by atoms with van der Waals surface area (Å²) in [6.45, 7) is 3.34. The van der Waals surface area contributed by atoms with Crippen LogP contribution in [0.4, 0.5) is 0 Å². The number of aliphatic hydroxyl groups is 1. The zero-order valence-corrected chi connectivity index (χ0v) is 12.4. The Labute approximate surface area is 125 Å². The molecule has 3 heterocycles. The maximum Gasteiger partial charge on any atom is 0.137 e. The lowest BCUT2D eigenvalue weighted by atomic mass is 9.96. The lowest BCUT2D eigenvalue weighted by molar-refractivity contribution is 0.0451. The predicted molar refractivity (Wildman–Crippen MR) is 81.1 cm³/mol. The topological polar surface area (TPSA) is 54.2 Å². The molecule has 1 N–H and O–H groups in total. The molecule has 1 aliphatic rings. The molecule has 0 radical (unpaired) electrons. The summed E-state index contributed by atoms with van der Waals surface area (Å²) in [7, 11) is 0. The molecule has 3 rings (SSSR count). The monoisotopic (exact) mass is 286 g/mol. The van der Waals surface area contributed by atoms with Gasteiger partial charge in [-0.25, -0.2) is 9.97 Å². The Kier molecular flexibility index (Phi) is 4.31. The number of aliphatic hydroxyl groups excluding tert-OH is 1. The Hall–Kier alpha value is -1.72. The van der Waals surface area contributed by atoms with E-state index in [4.69, 9.17) is 0 Å². The molecule has 2 aromatic rings. The molecule has 0 aromatic carbocycles. The molecule has 5 heteroatoms. The Morgan fingerprint density at radius 3 is 2.90 bits per heavy atom. The fourth-order valence-corrected chi connectivity index (χ4v) is 3.09. The predicted octanol–water partition coefficient (Wildman–Crippen LogP) is 2.00. The molecule has 2 atom stereocenters. The van der Waals surface area contributed by atoms with Crippen molar-refractivity contribution < 1.29 is 5.11 Å². The Morgan fingerprint density at radius 1 is 1.33 bits per heavy atom. The number of imidazole rings is 1. The second-order valence-electron chi connectivity index (χ2n) is 5.78. The minimum atomic E-state index is 0.241. The number of nitrogens with zero attached hydrogens (tertiary/aromatic N) is 4. The van der Waals surface area contributed by atoms with E-state index in [2.05, 4.69) is 27.9 Å². The van der Waals surface area contributed by atoms with E-state index in [9.17, 15) is 5.11 Å². The normalized spacial score (nSPS) is 23.3. The lowest BCUT2D eigenvalue weighted by Gasteiger charge is -2.39.